The van der Waals surface area contributed by atoms with Crippen LogP contribution >= 0.6 is 11.6 Å². The average molecular weight is 267 g/mol. The lowest BCUT2D eigenvalue weighted by Gasteiger charge is -2.04. The number of nitrogens with one attached hydrogen (secondary N) is 1. The predicted molar refractivity (Wildman–Crippen MR) is 72.8 cm³/mol. The van der Waals surface area contributed by atoms with E-state index in [1.165, 1.54) is 0 Å². The standard InChI is InChI=1S/C13H15ClN2O2/c1-16(2)8-3-4-9-18-13(17)15-12-7-5-6-11(14)10-12/h5-7,10H,8-9H2,1-2H3,(H,15,17). The van der Waals surface area contributed by atoms with Crippen LogP contribution in [0, 0.1) is 11.8 Å². The van der Waals surface area contributed by atoms with Gasteiger partial charge in [0.25, 0.3) is 0 Å². The Morgan fingerprint density at radius 1 is 1.44 bits per heavy atom. The number of ether oxygens (including phenoxy) is 1. The van der Waals surface area contributed by atoms with Crippen molar-refractivity contribution < 1.29 is 9.53 Å². The minimum absolute atomic E-state index is 0.0697. The molecule has 0 unspecified atom stereocenters. The Labute approximate surface area is 112 Å². The summed E-state index contributed by atoms with van der Waals surface area (Å²) in [6.45, 7) is 0.708. The van der Waals surface area contributed by atoms with Crippen molar-refractivity contribution in [2.45, 2.75) is 0 Å². The molecule has 0 saturated heterocycles. The van der Waals surface area contributed by atoms with Gasteiger partial charge in [-0.05, 0) is 32.3 Å². The van der Waals surface area contributed by atoms with E-state index < -0.39 is 6.09 Å². The van der Waals surface area contributed by atoms with Gasteiger partial charge in [-0.3, -0.25) is 10.2 Å². The van der Waals surface area contributed by atoms with Crippen molar-refractivity contribution in [3.63, 3.8) is 0 Å². The Morgan fingerprint density at radius 3 is 2.89 bits per heavy atom. The van der Waals surface area contributed by atoms with Gasteiger partial charge in [-0.2, -0.15) is 0 Å². The number of hydrogen-bond donors (Lipinski definition) is 1. The van der Waals surface area contributed by atoms with Crippen molar-refractivity contribution in [2.24, 2.45) is 0 Å². The second-order valence-electron chi connectivity index (χ2n) is 3.80. The van der Waals surface area contributed by atoms with Gasteiger partial charge in [0.05, 0.1) is 6.54 Å². The van der Waals surface area contributed by atoms with E-state index >= 15 is 0 Å². The molecule has 0 fully saturated rings. The van der Waals surface area contributed by atoms with Gasteiger partial charge in [0.2, 0.25) is 0 Å². The van der Waals surface area contributed by atoms with Crippen molar-refractivity contribution in [1.29, 1.82) is 0 Å². The normalized spacial score (nSPS) is 9.56. The molecule has 0 aliphatic carbocycles. The number of carbonyl (C=O) groups is 1. The molecule has 1 aromatic rings. The molecule has 0 radical (unpaired) electrons. The molecule has 1 aromatic carbocycles. The second kappa shape index (κ2) is 7.59. The summed E-state index contributed by atoms with van der Waals surface area (Å²) >= 11 is 5.78. The third-order valence-electron chi connectivity index (χ3n) is 1.87. The highest BCUT2D eigenvalue weighted by Crippen LogP contribution is 2.14. The Balaban J connectivity index is 2.31. The Morgan fingerprint density at radius 2 is 2.22 bits per heavy atom. The van der Waals surface area contributed by atoms with Crippen LogP contribution in [0.2, 0.25) is 5.02 Å². The molecule has 5 heteroatoms. The molecule has 18 heavy (non-hydrogen) atoms. The topological polar surface area (TPSA) is 41.6 Å². The Bertz CT molecular complexity index is 464. The molecule has 0 aliphatic heterocycles. The van der Waals surface area contributed by atoms with Crippen molar-refractivity contribution >= 4 is 23.4 Å². The minimum Gasteiger partial charge on any atom is -0.436 e. The number of carbonyl (C=O) groups excluding carboxylic acids is 1. The Hall–Kier alpha value is -1.70. The zero-order valence-electron chi connectivity index (χ0n) is 10.4. The maximum atomic E-state index is 11.4. The van der Waals surface area contributed by atoms with Crippen LogP contribution in [-0.2, 0) is 4.74 Å². The summed E-state index contributed by atoms with van der Waals surface area (Å²) < 4.78 is 4.88. The number of amides is 1. The van der Waals surface area contributed by atoms with Crippen LogP contribution in [0.4, 0.5) is 10.5 Å². The third-order valence-corrected chi connectivity index (χ3v) is 2.10. The highest BCUT2D eigenvalue weighted by Gasteiger charge is 2.01. The summed E-state index contributed by atoms with van der Waals surface area (Å²) in [5.41, 5.74) is 0.591. The SMILES string of the molecule is CN(C)CC#CCOC(=O)Nc1cccc(Cl)c1. The first kappa shape index (κ1) is 14.4. The number of nitrogens with zero attached hydrogens (tertiary/aromatic N) is 1. The van der Waals surface area contributed by atoms with Crippen LogP contribution in [0.15, 0.2) is 24.3 Å². The van der Waals surface area contributed by atoms with Gasteiger partial charge in [0.15, 0.2) is 6.61 Å². The molecule has 1 rings (SSSR count). The summed E-state index contributed by atoms with van der Waals surface area (Å²) in [7, 11) is 3.84. The van der Waals surface area contributed by atoms with Crippen molar-refractivity contribution in [1.82, 2.24) is 4.90 Å². The van der Waals surface area contributed by atoms with Gasteiger partial charge in [-0.1, -0.05) is 29.5 Å². The average Bonchev–Trinajstić information content (AvgIpc) is 2.28. The smallest absolute Gasteiger partial charge is 0.412 e. The van der Waals surface area contributed by atoms with Crippen LogP contribution in [0.1, 0.15) is 0 Å². The van der Waals surface area contributed by atoms with Crippen LogP contribution in [0.25, 0.3) is 0 Å². The van der Waals surface area contributed by atoms with E-state index in [9.17, 15) is 4.79 Å². The largest absolute Gasteiger partial charge is 0.436 e. The predicted octanol–water partition coefficient (Wildman–Crippen LogP) is 2.45. The van der Waals surface area contributed by atoms with Gasteiger partial charge in [0, 0.05) is 10.7 Å². The number of halogens is 1. The third kappa shape index (κ3) is 6.14. The summed E-state index contributed by atoms with van der Waals surface area (Å²) in [5, 5.41) is 3.11. The van der Waals surface area contributed by atoms with E-state index in [-0.39, 0.29) is 6.61 Å². The Kier molecular flexibility index (Phi) is 6.06. The summed E-state index contributed by atoms with van der Waals surface area (Å²) in [5.74, 6) is 5.61. The summed E-state index contributed by atoms with van der Waals surface area (Å²) in [6.07, 6.45) is -0.545. The highest BCUT2D eigenvalue weighted by atomic mass is 35.5. The van der Waals surface area contributed by atoms with E-state index in [1.54, 1.807) is 24.3 Å². The maximum Gasteiger partial charge on any atom is 0.412 e. The molecule has 1 N–H and O–H groups in total. The maximum absolute atomic E-state index is 11.4. The van der Waals surface area contributed by atoms with Gasteiger partial charge in [-0.25, -0.2) is 4.79 Å². The van der Waals surface area contributed by atoms with E-state index in [2.05, 4.69) is 17.2 Å². The molecular formula is C13H15ClN2O2. The fourth-order valence-corrected chi connectivity index (χ4v) is 1.28. The molecule has 0 aromatic heterocycles. The minimum atomic E-state index is -0.545. The molecule has 0 bridgehead atoms. The van der Waals surface area contributed by atoms with Gasteiger partial charge < -0.3 is 4.74 Å². The molecule has 0 atom stereocenters. The van der Waals surface area contributed by atoms with Crippen LogP contribution in [-0.4, -0.2) is 38.2 Å². The monoisotopic (exact) mass is 266 g/mol. The zero-order chi connectivity index (χ0) is 13.4. The number of benzene rings is 1. The molecule has 96 valence electrons. The molecule has 0 heterocycles. The number of hydrogen-bond acceptors (Lipinski definition) is 3. The quantitative estimate of drug-likeness (QED) is 0.855. The summed E-state index contributed by atoms with van der Waals surface area (Å²) in [4.78, 5) is 13.3. The molecule has 0 saturated carbocycles. The van der Waals surface area contributed by atoms with Crippen LogP contribution in [0.5, 0.6) is 0 Å². The molecule has 0 aliphatic rings. The molecule has 1 amide bonds. The van der Waals surface area contributed by atoms with E-state index in [0.717, 1.165) is 0 Å². The molecular weight excluding hydrogens is 252 g/mol. The first-order valence-corrected chi connectivity index (χ1v) is 5.75. The lowest BCUT2D eigenvalue weighted by atomic mass is 10.3. The summed E-state index contributed by atoms with van der Waals surface area (Å²) in [6, 6.07) is 6.84. The van der Waals surface area contributed by atoms with Crippen LogP contribution in [0.3, 0.4) is 0 Å². The zero-order valence-corrected chi connectivity index (χ0v) is 11.1. The fourth-order valence-electron chi connectivity index (χ4n) is 1.09. The molecule has 0 spiro atoms. The molecule has 4 nitrogen and oxygen atoms in total. The lowest BCUT2D eigenvalue weighted by Crippen LogP contribution is -2.14. The van der Waals surface area contributed by atoms with Crippen LogP contribution < -0.4 is 5.32 Å². The van der Waals surface area contributed by atoms with Crippen molar-refractivity contribution in [3.8, 4) is 11.8 Å². The highest BCUT2D eigenvalue weighted by molar-refractivity contribution is 6.30. The fraction of sp³-hybridized carbons (Fsp3) is 0.308. The van der Waals surface area contributed by atoms with Crippen molar-refractivity contribution in [3.05, 3.63) is 29.3 Å². The van der Waals surface area contributed by atoms with E-state index in [0.29, 0.717) is 17.3 Å². The lowest BCUT2D eigenvalue weighted by molar-refractivity contribution is 0.176. The number of rotatable bonds is 3. The van der Waals surface area contributed by atoms with Gasteiger partial charge >= 0.3 is 6.09 Å². The van der Waals surface area contributed by atoms with Crippen molar-refractivity contribution in [2.75, 3.05) is 32.6 Å². The number of anilines is 1. The van der Waals surface area contributed by atoms with Gasteiger partial charge in [0.1, 0.15) is 0 Å². The first-order valence-electron chi connectivity index (χ1n) is 5.38. The van der Waals surface area contributed by atoms with E-state index in [4.69, 9.17) is 16.3 Å². The van der Waals surface area contributed by atoms with E-state index in [1.807, 2.05) is 19.0 Å². The first-order chi connectivity index (χ1) is 8.58. The van der Waals surface area contributed by atoms with Gasteiger partial charge in [-0.15, -0.1) is 0 Å². The second-order valence-corrected chi connectivity index (χ2v) is 4.24.